The average Bonchev–Trinajstić information content (AvgIpc) is 3.18. The first-order valence-electron chi connectivity index (χ1n) is 18.1. The Morgan fingerprint density at radius 2 is 1.19 bits per heavy atom. The van der Waals surface area contributed by atoms with Crippen LogP contribution in [0.25, 0.3) is 66.8 Å². The van der Waals surface area contributed by atoms with Gasteiger partial charge in [-0.05, 0) is 95.2 Å². The molecule has 1 radical (unpaired) electrons. The molecule has 54 heavy (non-hydrogen) atoms. The van der Waals surface area contributed by atoms with Crippen molar-refractivity contribution in [2.75, 3.05) is 0 Å². The number of hydrogen-bond donors (Lipinski definition) is 0. The van der Waals surface area contributed by atoms with Crippen LogP contribution in [-0.2, 0) is 25.5 Å². The molecule has 0 fully saturated rings. The van der Waals surface area contributed by atoms with Gasteiger partial charge in [0.25, 0.3) is 0 Å². The van der Waals surface area contributed by atoms with Crippen LogP contribution in [0, 0.1) is 32.9 Å². The Balaban J connectivity index is 0.000000300. The molecule has 4 heteroatoms. The molecular weight excluding hydrogens is 835 g/mol. The van der Waals surface area contributed by atoms with E-state index in [0.717, 1.165) is 50.1 Å². The van der Waals surface area contributed by atoms with E-state index in [-0.39, 0.29) is 25.5 Å². The van der Waals surface area contributed by atoms with Gasteiger partial charge in [-0.25, -0.2) is 0 Å². The summed E-state index contributed by atoms with van der Waals surface area (Å²) in [6.45, 7) is 13.0. The second-order valence-electron chi connectivity index (χ2n) is 14.7. The van der Waals surface area contributed by atoms with Crippen molar-refractivity contribution in [3.05, 3.63) is 186 Å². The fraction of sp³-hybridized carbons (Fsp3) is 0.140. The van der Waals surface area contributed by atoms with Crippen molar-refractivity contribution in [2.45, 2.75) is 47.0 Å². The first-order chi connectivity index (χ1) is 25.6. The maximum absolute atomic E-state index is 4.89. The smallest absolute Gasteiger partial charge is 0.0785 e. The van der Waals surface area contributed by atoms with Gasteiger partial charge >= 0.3 is 0 Å². The van der Waals surface area contributed by atoms with E-state index in [1.54, 1.807) is 0 Å². The van der Waals surface area contributed by atoms with Gasteiger partial charge in [0.05, 0.1) is 5.52 Å². The predicted molar refractivity (Wildman–Crippen MR) is 222 cm³/mol. The van der Waals surface area contributed by atoms with Crippen molar-refractivity contribution in [2.24, 2.45) is 0 Å². The molecule has 8 aromatic rings. The first kappa shape index (κ1) is 38.2. The van der Waals surface area contributed by atoms with Gasteiger partial charge < -0.3 is 9.97 Å². The number of aryl methyl sites for hydroxylation is 3. The summed E-state index contributed by atoms with van der Waals surface area (Å²) in [5, 5.41) is 1.13. The Hall–Kier alpha value is -5.54. The first-order valence-corrected chi connectivity index (χ1v) is 18.1. The zero-order valence-corrected chi connectivity index (χ0v) is 34.0. The molecular formula is C50H43IrN3-2. The zero-order valence-electron chi connectivity index (χ0n) is 31.6. The van der Waals surface area contributed by atoms with E-state index < -0.39 is 0 Å². The zero-order chi connectivity index (χ0) is 37.0. The molecule has 0 aliphatic carbocycles. The summed E-state index contributed by atoms with van der Waals surface area (Å²) in [6.07, 6.45) is 5.61. The maximum Gasteiger partial charge on any atom is 0.0785 e. The van der Waals surface area contributed by atoms with Crippen molar-refractivity contribution < 1.29 is 20.1 Å². The third-order valence-electron chi connectivity index (χ3n) is 9.46. The van der Waals surface area contributed by atoms with Crippen LogP contribution < -0.4 is 0 Å². The molecule has 3 heterocycles. The summed E-state index contributed by atoms with van der Waals surface area (Å²) in [5.41, 5.74) is 17.1. The van der Waals surface area contributed by atoms with E-state index in [0.29, 0.717) is 0 Å². The third kappa shape index (κ3) is 8.80. The summed E-state index contributed by atoms with van der Waals surface area (Å²) in [4.78, 5) is 13.8. The Bertz CT molecular complexity index is 2520. The normalized spacial score (nSPS) is 11.0. The third-order valence-corrected chi connectivity index (χ3v) is 9.46. The van der Waals surface area contributed by atoms with Crippen molar-refractivity contribution in [1.29, 1.82) is 0 Å². The summed E-state index contributed by atoms with van der Waals surface area (Å²) in [7, 11) is 0. The van der Waals surface area contributed by atoms with E-state index in [1.807, 2.05) is 61.1 Å². The van der Waals surface area contributed by atoms with E-state index in [1.165, 1.54) is 38.9 Å². The Kier molecular flexibility index (Phi) is 11.8. The molecule has 0 amide bonds. The van der Waals surface area contributed by atoms with Crippen LogP contribution in [0.3, 0.4) is 0 Å². The van der Waals surface area contributed by atoms with Crippen LogP contribution in [0.2, 0.25) is 0 Å². The summed E-state index contributed by atoms with van der Waals surface area (Å²) >= 11 is 0. The van der Waals surface area contributed by atoms with Gasteiger partial charge in [0, 0.05) is 49.6 Å². The number of pyridine rings is 3. The minimum Gasteiger partial charge on any atom is -0.305 e. The monoisotopic (exact) mass is 878 g/mol. The molecule has 0 spiro atoms. The van der Waals surface area contributed by atoms with Crippen LogP contribution in [-0.4, -0.2) is 15.0 Å². The molecule has 0 aliphatic heterocycles. The molecule has 0 saturated heterocycles. The van der Waals surface area contributed by atoms with Gasteiger partial charge in [-0.3, -0.25) is 4.98 Å². The molecule has 0 bridgehead atoms. The van der Waals surface area contributed by atoms with Crippen molar-refractivity contribution in [3.63, 3.8) is 0 Å². The quantitative estimate of drug-likeness (QED) is 0.162. The Morgan fingerprint density at radius 3 is 1.93 bits per heavy atom. The van der Waals surface area contributed by atoms with Crippen molar-refractivity contribution >= 4 is 10.9 Å². The van der Waals surface area contributed by atoms with Crippen LogP contribution in [0.15, 0.2) is 152 Å². The number of benzene rings is 5. The van der Waals surface area contributed by atoms with Gasteiger partial charge in [0.2, 0.25) is 0 Å². The van der Waals surface area contributed by atoms with Gasteiger partial charge in [-0.15, -0.1) is 71.3 Å². The van der Waals surface area contributed by atoms with Crippen LogP contribution >= 0.6 is 0 Å². The number of aromatic nitrogens is 3. The predicted octanol–water partition coefficient (Wildman–Crippen LogP) is 12.9. The number of rotatable bonds is 5. The van der Waals surface area contributed by atoms with Crippen LogP contribution in [0.4, 0.5) is 0 Å². The molecule has 5 aromatic carbocycles. The number of fused-ring (bicyclic) bond motifs is 1. The Labute approximate surface area is 333 Å². The molecule has 0 atom stereocenters. The molecule has 3 nitrogen and oxygen atoms in total. The minimum atomic E-state index is 0. The summed E-state index contributed by atoms with van der Waals surface area (Å²) < 4.78 is 0. The SMILES string of the molecule is Cc1ccc(-c2cc(C)cc(-c3ccc(-c4cc[c-]c(-c5cc(C(C)(C)C)ccn5)c4)c4cccnc34)c2)cc1.Cc1ccnc(-c2[c-]cccc2)c1.[Ir]. The van der Waals surface area contributed by atoms with E-state index in [2.05, 4.69) is 155 Å². The van der Waals surface area contributed by atoms with Gasteiger partial charge in [-0.1, -0.05) is 98.6 Å². The molecule has 0 saturated carbocycles. The van der Waals surface area contributed by atoms with Crippen molar-refractivity contribution in [3.8, 4) is 55.9 Å². The molecule has 0 aliphatic rings. The second-order valence-corrected chi connectivity index (χ2v) is 14.7. The van der Waals surface area contributed by atoms with Crippen LogP contribution in [0.1, 0.15) is 43.0 Å². The molecule has 0 unspecified atom stereocenters. The largest absolute Gasteiger partial charge is 0.305 e. The standard InChI is InChI=1S/C38H33N2.C12H10N.Ir/c1-25-11-13-27(14-12-25)30-20-26(2)21-31(23-30)34-16-15-33(35-10-7-18-40-37(34)35)28-8-6-9-29(22-28)36-24-32(17-19-39-36)38(3,4)5;1-10-7-8-13-12(9-10)11-5-3-2-4-6-11;/h6-8,10-24H,1-5H3;2-5,7-9H,1H3;/q2*-1;. The summed E-state index contributed by atoms with van der Waals surface area (Å²) in [5.74, 6) is 0. The Morgan fingerprint density at radius 1 is 0.463 bits per heavy atom. The van der Waals surface area contributed by atoms with E-state index in [9.17, 15) is 0 Å². The topological polar surface area (TPSA) is 38.7 Å². The van der Waals surface area contributed by atoms with Crippen LogP contribution in [0.5, 0.6) is 0 Å². The van der Waals surface area contributed by atoms with E-state index >= 15 is 0 Å². The fourth-order valence-electron chi connectivity index (χ4n) is 6.57. The van der Waals surface area contributed by atoms with Crippen molar-refractivity contribution in [1.82, 2.24) is 15.0 Å². The fourth-order valence-corrected chi connectivity index (χ4v) is 6.57. The minimum absolute atomic E-state index is 0. The van der Waals surface area contributed by atoms with Gasteiger partial charge in [0.1, 0.15) is 0 Å². The number of nitrogens with zero attached hydrogens (tertiary/aromatic N) is 3. The second kappa shape index (κ2) is 16.6. The van der Waals surface area contributed by atoms with Gasteiger partial charge in [-0.2, -0.15) is 0 Å². The maximum atomic E-state index is 4.89. The molecule has 269 valence electrons. The average molecular weight is 878 g/mol. The molecule has 3 aromatic heterocycles. The van der Waals surface area contributed by atoms with Gasteiger partial charge in [0.15, 0.2) is 0 Å². The molecule has 0 N–H and O–H groups in total. The molecule has 8 rings (SSSR count). The number of hydrogen-bond acceptors (Lipinski definition) is 3. The van der Waals surface area contributed by atoms with E-state index in [4.69, 9.17) is 4.98 Å². The summed E-state index contributed by atoms with van der Waals surface area (Å²) in [6, 6.07) is 53.2.